The van der Waals surface area contributed by atoms with Crippen LogP contribution in [0.3, 0.4) is 0 Å². The number of hydrogen-bond acceptors (Lipinski definition) is 2. The molecule has 0 bridgehead atoms. The highest BCUT2D eigenvalue weighted by Gasteiger charge is 2.28. The molecule has 2 rings (SSSR count). The predicted octanol–water partition coefficient (Wildman–Crippen LogP) is 11.5. The number of nitrogens with zero attached hydrogens (tertiary/aromatic N) is 1. The van der Waals surface area contributed by atoms with Crippen molar-refractivity contribution in [2.45, 2.75) is 157 Å². The van der Waals surface area contributed by atoms with Gasteiger partial charge in [-0.3, -0.25) is 0 Å². The normalized spacial score (nSPS) is 12.8. The van der Waals surface area contributed by atoms with Gasteiger partial charge >= 0.3 is 0 Å². The molecule has 2 aromatic rings. The van der Waals surface area contributed by atoms with E-state index in [0.717, 1.165) is 41.5 Å². The minimum atomic E-state index is 0.382. The smallest absolute Gasteiger partial charge is 0.122 e. The summed E-state index contributed by atoms with van der Waals surface area (Å²) in [4.78, 5) is 0. The summed E-state index contributed by atoms with van der Waals surface area (Å²) in [6.07, 6.45) is 16.5. The van der Waals surface area contributed by atoms with Crippen LogP contribution < -0.4 is 0 Å². The van der Waals surface area contributed by atoms with Gasteiger partial charge < -0.3 is 14.7 Å². The lowest BCUT2D eigenvalue weighted by molar-refractivity contribution is -0.929. The number of aryl methyl sites for hydroxylation is 2. The highest BCUT2D eigenvalue weighted by molar-refractivity contribution is 5.51. The molecule has 244 valence electrons. The third-order valence-electron chi connectivity index (χ3n) is 9.95. The zero-order valence-corrected chi connectivity index (χ0v) is 29.5. The highest BCUT2D eigenvalue weighted by Crippen LogP contribution is 2.37. The monoisotopic (exact) mass is 595 g/mol. The van der Waals surface area contributed by atoms with Crippen molar-refractivity contribution in [2.24, 2.45) is 0 Å². The van der Waals surface area contributed by atoms with Crippen LogP contribution >= 0.6 is 0 Å². The molecular weight excluding hydrogens is 526 g/mol. The highest BCUT2D eigenvalue weighted by atomic mass is 16.3. The van der Waals surface area contributed by atoms with E-state index in [9.17, 15) is 10.2 Å². The Labute approximate surface area is 266 Å². The Balaban J connectivity index is 2.45. The van der Waals surface area contributed by atoms with E-state index in [-0.39, 0.29) is 0 Å². The van der Waals surface area contributed by atoms with Crippen LogP contribution in [-0.4, -0.2) is 40.9 Å². The SMILES string of the molecule is CCCC[N+](CCCC)(CCCC)CCC(CCC)c1cc(C)c(O)c(Cc2cc(C(CCC)CCC)cc(C)c2O)c1. The van der Waals surface area contributed by atoms with Gasteiger partial charge in [0.25, 0.3) is 0 Å². The van der Waals surface area contributed by atoms with E-state index in [4.69, 9.17) is 0 Å². The molecule has 0 amide bonds. The minimum Gasteiger partial charge on any atom is -0.507 e. The van der Waals surface area contributed by atoms with Crippen LogP contribution in [0.15, 0.2) is 24.3 Å². The lowest BCUT2D eigenvalue weighted by atomic mass is 9.85. The van der Waals surface area contributed by atoms with Crippen molar-refractivity contribution in [3.63, 3.8) is 0 Å². The molecule has 0 aliphatic carbocycles. The van der Waals surface area contributed by atoms with Gasteiger partial charge in [-0.05, 0) is 97.6 Å². The lowest BCUT2D eigenvalue weighted by Gasteiger charge is -2.40. The first-order chi connectivity index (χ1) is 20.7. The molecule has 0 radical (unpaired) electrons. The van der Waals surface area contributed by atoms with E-state index in [1.54, 1.807) is 0 Å². The molecule has 3 heteroatoms. The predicted molar refractivity (Wildman–Crippen MR) is 188 cm³/mol. The molecule has 0 saturated heterocycles. The van der Waals surface area contributed by atoms with E-state index >= 15 is 0 Å². The first kappa shape index (κ1) is 37.2. The molecule has 2 N–H and O–H groups in total. The second-order valence-electron chi connectivity index (χ2n) is 13.7. The van der Waals surface area contributed by atoms with Gasteiger partial charge in [0.05, 0.1) is 26.2 Å². The maximum absolute atomic E-state index is 11.3. The summed E-state index contributed by atoms with van der Waals surface area (Å²) >= 11 is 0. The van der Waals surface area contributed by atoms with Gasteiger partial charge in [0.1, 0.15) is 11.5 Å². The van der Waals surface area contributed by atoms with Gasteiger partial charge in [0.2, 0.25) is 0 Å². The Hall–Kier alpha value is -2.00. The molecule has 0 fully saturated rings. The van der Waals surface area contributed by atoms with Crippen LogP contribution in [0.5, 0.6) is 11.5 Å². The van der Waals surface area contributed by atoms with Crippen molar-refractivity contribution >= 4 is 0 Å². The van der Waals surface area contributed by atoms with Crippen molar-refractivity contribution in [3.05, 3.63) is 57.6 Å². The summed E-state index contributed by atoms with van der Waals surface area (Å²) in [5.41, 5.74) is 6.51. The van der Waals surface area contributed by atoms with Gasteiger partial charge in [0.15, 0.2) is 0 Å². The largest absolute Gasteiger partial charge is 0.507 e. The first-order valence-corrected chi connectivity index (χ1v) is 18.2. The average Bonchev–Trinajstić information content (AvgIpc) is 2.99. The Kier molecular flexibility index (Phi) is 16.8. The summed E-state index contributed by atoms with van der Waals surface area (Å²) in [5, 5.41) is 22.4. The number of unbranched alkanes of at least 4 members (excludes halogenated alkanes) is 3. The van der Waals surface area contributed by atoms with E-state index in [1.165, 1.54) is 106 Å². The molecule has 43 heavy (non-hydrogen) atoms. The van der Waals surface area contributed by atoms with Gasteiger partial charge in [-0.25, -0.2) is 0 Å². The third kappa shape index (κ3) is 11.1. The summed E-state index contributed by atoms with van der Waals surface area (Å²) in [6.45, 7) is 23.1. The van der Waals surface area contributed by atoms with E-state index in [0.29, 0.717) is 29.8 Å². The van der Waals surface area contributed by atoms with Crippen LogP contribution in [0.2, 0.25) is 0 Å². The molecular formula is C40H68NO2+. The standard InChI is InChI=1S/C40H67NO2/c1-9-15-22-41(23-16-10-2,24-17-11-3)25-21-34(20-14-6)36-27-32(8)40(43)38(29-36)30-37-28-35(26-31(7)39(37)42)33(18-12-4)19-13-5/h26-29,33-34H,9-25,30H2,1-8H3,(H-,42,43)/p+1. The molecule has 3 nitrogen and oxygen atoms in total. The number of rotatable bonds is 22. The zero-order chi connectivity index (χ0) is 31.8. The minimum absolute atomic E-state index is 0.382. The number of phenols is 2. The maximum atomic E-state index is 11.3. The molecule has 2 aromatic carbocycles. The summed E-state index contributed by atoms with van der Waals surface area (Å²) in [7, 11) is 0. The van der Waals surface area contributed by atoms with Crippen molar-refractivity contribution in [1.29, 1.82) is 0 Å². The molecule has 1 unspecified atom stereocenters. The summed E-state index contributed by atoms with van der Waals surface area (Å²) in [5.74, 6) is 1.78. The Bertz CT molecular complexity index is 1050. The second-order valence-corrected chi connectivity index (χ2v) is 13.7. The second kappa shape index (κ2) is 19.4. The first-order valence-electron chi connectivity index (χ1n) is 18.2. The topological polar surface area (TPSA) is 40.5 Å². The molecule has 0 spiro atoms. The quantitative estimate of drug-likeness (QED) is 0.133. The number of hydrogen-bond donors (Lipinski definition) is 2. The molecule has 0 aliphatic heterocycles. The van der Waals surface area contributed by atoms with Crippen molar-refractivity contribution in [2.75, 3.05) is 26.2 Å². The number of phenolic OH excluding ortho intramolecular Hbond substituents is 2. The zero-order valence-electron chi connectivity index (χ0n) is 29.5. The molecule has 0 heterocycles. The van der Waals surface area contributed by atoms with Crippen molar-refractivity contribution in [3.8, 4) is 11.5 Å². The van der Waals surface area contributed by atoms with E-state index in [2.05, 4.69) is 72.7 Å². The Morgan fingerprint density at radius 2 is 0.884 bits per heavy atom. The Morgan fingerprint density at radius 1 is 0.512 bits per heavy atom. The summed E-state index contributed by atoms with van der Waals surface area (Å²) < 4.78 is 1.27. The van der Waals surface area contributed by atoms with Gasteiger partial charge in [-0.15, -0.1) is 0 Å². The molecule has 0 saturated carbocycles. The fourth-order valence-electron chi connectivity index (χ4n) is 7.29. The van der Waals surface area contributed by atoms with Gasteiger partial charge in [0, 0.05) is 12.8 Å². The van der Waals surface area contributed by atoms with Crippen LogP contribution in [0, 0.1) is 13.8 Å². The molecule has 0 aromatic heterocycles. The fraction of sp³-hybridized carbons (Fsp3) is 0.700. The van der Waals surface area contributed by atoms with E-state index in [1.807, 2.05) is 6.92 Å². The lowest BCUT2D eigenvalue weighted by Crippen LogP contribution is -2.51. The fourth-order valence-corrected chi connectivity index (χ4v) is 7.29. The third-order valence-corrected chi connectivity index (χ3v) is 9.95. The van der Waals surface area contributed by atoms with Gasteiger partial charge in [-0.1, -0.05) is 104 Å². The van der Waals surface area contributed by atoms with E-state index < -0.39 is 0 Å². The number of quaternary nitrogens is 1. The maximum Gasteiger partial charge on any atom is 0.122 e. The van der Waals surface area contributed by atoms with Crippen molar-refractivity contribution < 1.29 is 14.7 Å². The summed E-state index contributed by atoms with van der Waals surface area (Å²) in [6, 6.07) is 8.94. The van der Waals surface area contributed by atoms with Crippen LogP contribution in [0.4, 0.5) is 0 Å². The molecule has 0 aliphatic rings. The van der Waals surface area contributed by atoms with Crippen LogP contribution in [0.1, 0.15) is 170 Å². The van der Waals surface area contributed by atoms with Crippen LogP contribution in [-0.2, 0) is 6.42 Å². The van der Waals surface area contributed by atoms with Crippen molar-refractivity contribution in [1.82, 2.24) is 0 Å². The van der Waals surface area contributed by atoms with Crippen LogP contribution in [0.25, 0.3) is 0 Å². The number of benzene rings is 2. The number of aromatic hydroxyl groups is 2. The van der Waals surface area contributed by atoms with Gasteiger partial charge in [-0.2, -0.15) is 0 Å². The molecule has 1 atom stereocenters. The Morgan fingerprint density at radius 3 is 1.23 bits per heavy atom. The average molecular weight is 595 g/mol.